The Labute approximate surface area is 272 Å². The maximum atomic E-state index is 13.1. The van der Waals surface area contributed by atoms with Crippen LogP contribution in [-0.2, 0) is 25.2 Å². The van der Waals surface area contributed by atoms with Crippen LogP contribution in [0.4, 0.5) is 23.7 Å². The van der Waals surface area contributed by atoms with Gasteiger partial charge in [-0.1, -0.05) is 57.9 Å². The first kappa shape index (κ1) is 38.9. The number of ether oxygens (including phenoxy) is 3. The molecule has 47 heavy (non-hydrogen) atoms. The third-order valence-corrected chi connectivity index (χ3v) is 8.36. The summed E-state index contributed by atoms with van der Waals surface area (Å²) in [4.78, 5) is 25.8. The Morgan fingerprint density at radius 2 is 1.62 bits per heavy atom. The molecule has 0 saturated carbocycles. The average Bonchev–Trinajstić information content (AvgIpc) is 3.03. The SMILES string of the molecule is CCCCCCCCCCC(=O)N[C@H]1C(CO)OCC(N)[C@H]1O[C@@H]1OC(CO)[C@H](O)[C@H](O)C1NC(=O)Nc1cccc(C(F)(F)F)c1. The number of aliphatic hydroxyl groups is 4. The highest BCUT2D eigenvalue weighted by Crippen LogP contribution is 2.31. The number of unbranched alkanes of at least 4 members (excludes halogenated alkanes) is 7. The predicted molar refractivity (Wildman–Crippen MR) is 164 cm³/mol. The minimum atomic E-state index is -4.65. The molecule has 0 bridgehead atoms. The quantitative estimate of drug-likeness (QED) is 0.119. The van der Waals surface area contributed by atoms with Crippen LogP contribution in [0.15, 0.2) is 24.3 Å². The van der Waals surface area contributed by atoms with Crippen LogP contribution in [0, 0.1) is 0 Å². The molecule has 1 aromatic rings. The minimum absolute atomic E-state index is 0.0876. The Morgan fingerprint density at radius 3 is 2.26 bits per heavy atom. The number of hydrogen-bond donors (Lipinski definition) is 8. The van der Waals surface area contributed by atoms with Gasteiger partial charge in [0.25, 0.3) is 0 Å². The van der Waals surface area contributed by atoms with Gasteiger partial charge >= 0.3 is 12.2 Å². The van der Waals surface area contributed by atoms with Crippen LogP contribution in [0.1, 0.15) is 70.3 Å². The van der Waals surface area contributed by atoms with Crippen LogP contribution in [0.5, 0.6) is 0 Å². The molecule has 0 aliphatic carbocycles. The van der Waals surface area contributed by atoms with E-state index >= 15 is 0 Å². The number of alkyl halides is 3. The van der Waals surface area contributed by atoms with Crippen LogP contribution >= 0.6 is 0 Å². The molecule has 0 spiro atoms. The van der Waals surface area contributed by atoms with Gasteiger partial charge in [0.2, 0.25) is 5.91 Å². The van der Waals surface area contributed by atoms with E-state index in [4.69, 9.17) is 19.9 Å². The lowest BCUT2D eigenvalue weighted by atomic mass is 9.94. The van der Waals surface area contributed by atoms with E-state index in [1.165, 1.54) is 25.3 Å². The number of anilines is 1. The molecule has 16 heteroatoms. The number of benzene rings is 1. The standard InChI is InChI=1S/C31H49F3N4O9/c1-2-3-4-5-6-7-8-9-13-23(41)37-24-21(15-39)45-17-20(35)28(24)47-29-25(27(43)26(42)22(16-40)46-29)38-30(44)36-19-12-10-11-18(14-19)31(32,33)34/h10-12,14,20-22,24-29,39-40,42-43H,2-9,13,15-17,35H2,1H3,(H,37,41)(H2,36,38,44)/t20?,21?,22?,24-,25?,26-,27+,28+,29-/m0/s1. The van der Waals surface area contributed by atoms with Crippen molar-refractivity contribution < 1.29 is 57.4 Å². The summed E-state index contributed by atoms with van der Waals surface area (Å²) < 4.78 is 56.9. The highest BCUT2D eigenvalue weighted by Gasteiger charge is 2.49. The predicted octanol–water partition coefficient (Wildman–Crippen LogP) is 1.75. The van der Waals surface area contributed by atoms with E-state index in [-0.39, 0.29) is 24.6 Å². The zero-order valence-electron chi connectivity index (χ0n) is 26.5. The van der Waals surface area contributed by atoms with Gasteiger partial charge in [-0.2, -0.15) is 13.2 Å². The molecule has 2 aliphatic rings. The summed E-state index contributed by atoms with van der Waals surface area (Å²) in [6, 6.07) is -0.561. The topological polar surface area (TPSA) is 205 Å². The normalized spacial score (nSPS) is 29.7. The van der Waals surface area contributed by atoms with E-state index < -0.39 is 85.9 Å². The van der Waals surface area contributed by atoms with Crippen LogP contribution in [0.3, 0.4) is 0 Å². The summed E-state index contributed by atoms with van der Waals surface area (Å²) in [6.45, 7) is 0.834. The van der Waals surface area contributed by atoms with Gasteiger partial charge in [0.05, 0.1) is 37.5 Å². The Balaban J connectivity index is 1.70. The number of nitrogens with two attached hydrogens (primary N) is 1. The number of amides is 3. The molecule has 4 unspecified atom stereocenters. The van der Waals surface area contributed by atoms with Crippen molar-refractivity contribution >= 4 is 17.6 Å². The number of nitrogens with one attached hydrogen (secondary N) is 3. The van der Waals surface area contributed by atoms with E-state index in [1.54, 1.807) is 0 Å². The molecule has 2 fully saturated rings. The molecule has 0 radical (unpaired) electrons. The second-order valence-corrected chi connectivity index (χ2v) is 12.0. The monoisotopic (exact) mass is 678 g/mol. The molecule has 0 aromatic heterocycles. The maximum absolute atomic E-state index is 13.1. The summed E-state index contributed by atoms with van der Waals surface area (Å²) in [5.41, 5.74) is 5.10. The lowest BCUT2D eigenvalue weighted by Crippen LogP contribution is -2.69. The summed E-state index contributed by atoms with van der Waals surface area (Å²) in [7, 11) is 0. The molecule has 2 heterocycles. The molecule has 2 aliphatic heterocycles. The number of aliphatic hydroxyl groups excluding tert-OH is 4. The number of rotatable bonds is 16. The highest BCUT2D eigenvalue weighted by atomic mass is 19.4. The van der Waals surface area contributed by atoms with Crippen LogP contribution < -0.4 is 21.7 Å². The van der Waals surface area contributed by atoms with E-state index in [0.717, 1.165) is 43.9 Å². The fourth-order valence-corrected chi connectivity index (χ4v) is 5.71. The molecule has 9 N–H and O–H groups in total. The molecule has 13 nitrogen and oxygen atoms in total. The maximum Gasteiger partial charge on any atom is 0.416 e. The van der Waals surface area contributed by atoms with Gasteiger partial charge in [-0.3, -0.25) is 4.79 Å². The van der Waals surface area contributed by atoms with Crippen LogP contribution in [0.2, 0.25) is 0 Å². The van der Waals surface area contributed by atoms with E-state index in [9.17, 15) is 43.2 Å². The lowest BCUT2D eigenvalue weighted by Gasteiger charge is -2.47. The Kier molecular flexibility index (Phi) is 15.6. The van der Waals surface area contributed by atoms with Gasteiger partial charge in [-0.15, -0.1) is 0 Å². The smallest absolute Gasteiger partial charge is 0.394 e. The van der Waals surface area contributed by atoms with Crippen molar-refractivity contribution in [2.24, 2.45) is 5.73 Å². The first-order valence-corrected chi connectivity index (χ1v) is 16.2. The molecule has 9 atom stereocenters. The zero-order chi connectivity index (χ0) is 34.6. The number of urea groups is 1. The summed E-state index contributed by atoms with van der Waals surface area (Å²) >= 11 is 0. The molecule has 3 amide bonds. The van der Waals surface area contributed by atoms with Gasteiger partial charge in [0, 0.05) is 12.1 Å². The van der Waals surface area contributed by atoms with Gasteiger partial charge in [0.1, 0.15) is 36.6 Å². The molecular weight excluding hydrogens is 629 g/mol. The Bertz CT molecular complexity index is 1120. The number of carbonyl (C=O) groups excluding carboxylic acids is 2. The third kappa shape index (κ3) is 11.5. The second-order valence-electron chi connectivity index (χ2n) is 12.0. The van der Waals surface area contributed by atoms with Crippen molar-refractivity contribution in [2.75, 3.05) is 25.1 Å². The largest absolute Gasteiger partial charge is 0.416 e. The highest BCUT2D eigenvalue weighted by molar-refractivity contribution is 5.89. The van der Waals surface area contributed by atoms with Gasteiger partial charge in [-0.05, 0) is 24.6 Å². The van der Waals surface area contributed by atoms with E-state index in [0.29, 0.717) is 6.42 Å². The summed E-state index contributed by atoms with van der Waals surface area (Å²) in [5.74, 6) is -0.325. The molecule has 3 rings (SSSR count). The van der Waals surface area contributed by atoms with Crippen molar-refractivity contribution in [1.29, 1.82) is 0 Å². The first-order chi connectivity index (χ1) is 22.4. The minimum Gasteiger partial charge on any atom is -0.394 e. The van der Waals surface area contributed by atoms with Gasteiger partial charge in [0.15, 0.2) is 6.29 Å². The number of halogens is 3. The van der Waals surface area contributed by atoms with Crippen molar-refractivity contribution in [3.05, 3.63) is 29.8 Å². The molecule has 1 aromatic carbocycles. The fourth-order valence-electron chi connectivity index (χ4n) is 5.71. The molecule has 2 saturated heterocycles. The number of carbonyl (C=O) groups is 2. The van der Waals surface area contributed by atoms with Crippen LogP contribution in [0.25, 0.3) is 0 Å². The van der Waals surface area contributed by atoms with Crippen molar-refractivity contribution in [2.45, 2.75) is 126 Å². The molecular formula is C31H49F3N4O9. The first-order valence-electron chi connectivity index (χ1n) is 16.2. The van der Waals surface area contributed by atoms with Crippen molar-refractivity contribution in [3.63, 3.8) is 0 Å². The second kappa shape index (κ2) is 18.8. The van der Waals surface area contributed by atoms with E-state index in [1.807, 2.05) is 0 Å². The Hall–Kier alpha value is -2.57. The van der Waals surface area contributed by atoms with Crippen molar-refractivity contribution in [3.8, 4) is 0 Å². The third-order valence-electron chi connectivity index (χ3n) is 8.36. The van der Waals surface area contributed by atoms with Gasteiger partial charge in [-0.25, -0.2) is 4.79 Å². The van der Waals surface area contributed by atoms with Gasteiger partial charge < -0.3 is 56.3 Å². The summed E-state index contributed by atoms with van der Waals surface area (Å²) in [6.07, 6.45) is -4.48. The fraction of sp³-hybridized carbons (Fsp3) is 0.742. The lowest BCUT2D eigenvalue weighted by molar-refractivity contribution is -0.292. The van der Waals surface area contributed by atoms with Crippen LogP contribution in [-0.4, -0.2) is 107 Å². The number of hydrogen-bond acceptors (Lipinski definition) is 10. The Morgan fingerprint density at radius 1 is 0.957 bits per heavy atom. The van der Waals surface area contributed by atoms with Crippen molar-refractivity contribution in [1.82, 2.24) is 10.6 Å². The summed E-state index contributed by atoms with van der Waals surface area (Å²) in [5, 5.41) is 48.6. The zero-order valence-corrected chi connectivity index (χ0v) is 26.5. The molecule has 268 valence electrons. The average molecular weight is 679 g/mol. The van der Waals surface area contributed by atoms with E-state index in [2.05, 4.69) is 22.9 Å².